The molecule has 0 bridgehead atoms. The second kappa shape index (κ2) is 6.95. The van der Waals surface area contributed by atoms with Crippen molar-refractivity contribution in [2.24, 2.45) is 5.92 Å². The smallest absolute Gasteiger partial charge is 0.109 e. The van der Waals surface area contributed by atoms with Crippen LogP contribution in [0.5, 0.6) is 0 Å². The van der Waals surface area contributed by atoms with Crippen LogP contribution in [0, 0.1) is 24.2 Å². The van der Waals surface area contributed by atoms with Gasteiger partial charge < -0.3 is 4.90 Å². The van der Waals surface area contributed by atoms with Gasteiger partial charge in [-0.15, -0.1) is 0 Å². The van der Waals surface area contributed by atoms with E-state index in [0.29, 0.717) is 5.92 Å². The third-order valence-electron chi connectivity index (χ3n) is 4.77. The number of rotatable bonds is 6. The van der Waals surface area contributed by atoms with Gasteiger partial charge in [-0.3, -0.25) is 5.32 Å². The van der Waals surface area contributed by atoms with Crippen LogP contribution in [0.15, 0.2) is 24.3 Å². The molecule has 1 N–H and O–H groups in total. The van der Waals surface area contributed by atoms with Crippen molar-refractivity contribution in [1.29, 1.82) is 5.26 Å². The van der Waals surface area contributed by atoms with Crippen molar-refractivity contribution in [3.63, 3.8) is 0 Å². The summed E-state index contributed by atoms with van der Waals surface area (Å²) in [7, 11) is 2.14. The van der Waals surface area contributed by atoms with Crippen LogP contribution < -0.4 is 10.2 Å². The van der Waals surface area contributed by atoms with Gasteiger partial charge in [0.05, 0.1) is 6.07 Å². The number of anilines is 1. The molecule has 1 aliphatic carbocycles. The third-order valence-corrected chi connectivity index (χ3v) is 4.77. The molecule has 2 unspecified atom stereocenters. The second-order valence-corrected chi connectivity index (χ2v) is 6.25. The highest BCUT2D eigenvalue weighted by Crippen LogP contribution is 2.37. The Morgan fingerprint density at radius 3 is 2.95 bits per heavy atom. The van der Waals surface area contributed by atoms with Gasteiger partial charge in [-0.25, -0.2) is 0 Å². The minimum absolute atomic E-state index is 0.289. The van der Waals surface area contributed by atoms with E-state index < -0.39 is 0 Å². The second-order valence-electron chi connectivity index (χ2n) is 6.25. The van der Waals surface area contributed by atoms with Gasteiger partial charge in [0.1, 0.15) is 5.54 Å². The fourth-order valence-electron chi connectivity index (χ4n) is 3.55. The highest BCUT2D eigenvalue weighted by Gasteiger charge is 2.42. The summed E-state index contributed by atoms with van der Waals surface area (Å²) >= 11 is 0. The molecule has 0 radical (unpaired) electrons. The molecule has 21 heavy (non-hydrogen) atoms. The van der Waals surface area contributed by atoms with Crippen LogP contribution in [-0.2, 0) is 0 Å². The maximum atomic E-state index is 9.61. The summed E-state index contributed by atoms with van der Waals surface area (Å²) in [5, 5.41) is 13.1. The number of nitriles is 1. The van der Waals surface area contributed by atoms with E-state index in [1.807, 2.05) is 0 Å². The van der Waals surface area contributed by atoms with Crippen molar-refractivity contribution >= 4 is 5.69 Å². The van der Waals surface area contributed by atoms with Crippen molar-refractivity contribution in [3.8, 4) is 6.07 Å². The fourth-order valence-corrected chi connectivity index (χ4v) is 3.55. The molecule has 0 spiro atoms. The first-order valence-corrected chi connectivity index (χ1v) is 8.05. The molecule has 0 aliphatic heterocycles. The molecule has 2 rings (SSSR count). The Bertz CT molecular complexity index is 505. The summed E-state index contributed by atoms with van der Waals surface area (Å²) in [5.74, 6) is 0.467. The first-order chi connectivity index (χ1) is 10.1. The summed E-state index contributed by atoms with van der Waals surface area (Å²) < 4.78 is 0. The molecule has 0 aromatic heterocycles. The van der Waals surface area contributed by atoms with E-state index in [1.54, 1.807) is 0 Å². The summed E-state index contributed by atoms with van der Waals surface area (Å²) in [6, 6.07) is 11.2. The lowest BCUT2D eigenvalue weighted by Gasteiger charge is -2.31. The van der Waals surface area contributed by atoms with Gasteiger partial charge in [0.2, 0.25) is 0 Å². The van der Waals surface area contributed by atoms with Gasteiger partial charge >= 0.3 is 0 Å². The van der Waals surface area contributed by atoms with Crippen LogP contribution in [-0.4, -0.2) is 25.7 Å². The van der Waals surface area contributed by atoms with Crippen molar-refractivity contribution < 1.29 is 0 Å². The quantitative estimate of drug-likeness (QED) is 0.869. The SMILES string of the molecule is CCNC1(C#N)CCCC1CCN(C)c1cccc(C)c1. The van der Waals surface area contributed by atoms with E-state index in [1.165, 1.54) is 24.1 Å². The number of nitrogens with zero attached hydrogens (tertiary/aromatic N) is 2. The van der Waals surface area contributed by atoms with E-state index in [2.05, 4.69) is 61.4 Å². The van der Waals surface area contributed by atoms with Crippen LogP contribution in [0.1, 0.15) is 38.2 Å². The lowest BCUT2D eigenvalue weighted by atomic mass is 9.85. The molecular weight excluding hydrogens is 258 g/mol. The Morgan fingerprint density at radius 2 is 2.29 bits per heavy atom. The van der Waals surface area contributed by atoms with Gasteiger partial charge in [0.25, 0.3) is 0 Å². The Hall–Kier alpha value is -1.53. The zero-order valence-corrected chi connectivity index (χ0v) is 13.5. The van der Waals surface area contributed by atoms with Crippen LogP contribution in [0.4, 0.5) is 5.69 Å². The first-order valence-electron chi connectivity index (χ1n) is 8.05. The molecule has 1 aromatic rings. The molecular formula is C18H27N3. The highest BCUT2D eigenvalue weighted by molar-refractivity contribution is 5.47. The molecule has 0 amide bonds. The number of hydrogen-bond acceptors (Lipinski definition) is 3. The van der Waals surface area contributed by atoms with Crippen molar-refractivity contribution in [3.05, 3.63) is 29.8 Å². The Kier molecular flexibility index (Phi) is 5.25. The average Bonchev–Trinajstić information content (AvgIpc) is 2.88. The van der Waals surface area contributed by atoms with Crippen molar-refractivity contribution in [2.45, 2.75) is 45.1 Å². The first kappa shape index (κ1) is 15.9. The molecule has 3 heteroatoms. The van der Waals surface area contributed by atoms with Crippen LogP contribution in [0.2, 0.25) is 0 Å². The number of hydrogen-bond donors (Lipinski definition) is 1. The highest BCUT2D eigenvalue weighted by atomic mass is 15.1. The molecule has 3 nitrogen and oxygen atoms in total. The molecule has 1 saturated carbocycles. The largest absolute Gasteiger partial charge is 0.375 e. The summed E-state index contributed by atoms with van der Waals surface area (Å²) in [6.45, 7) is 6.09. The maximum Gasteiger partial charge on any atom is 0.109 e. The number of aryl methyl sites for hydroxylation is 1. The van der Waals surface area contributed by atoms with Crippen LogP contribution >= 0.6 is 0 Å². The lowest BCUT2D eigenvalue weighted by Crippen LogP contribution is -2.47. The summed E-state index contributed by atoms with van der Waals surface area (Å²) in [5.41, 5.74) is 2.26. The summed E-state index contributed by atoms with van der Waals surface area (Å²) in [4.78, 5) is 2.30. The van der Waals surface area contributed by atoms with Gasteiger partial charge in [-0.1, -0.05) is 25.5 Å². The molecule has 1 fully saturated rings. The Balaban J connectivity index is 1.97. The van der Waals surface area contributed by atoms with E-state index in [-0.39, 0.29) is 5.54 Å². The minimum atomic E-state index is -0.289. The predicted octanol–water partition coefficient (Wildman–Crippen LogP) is 3.49. The van der Waals surface area contributed by atoms with Crippen molar-refractivity contribution in [1.82, 2.24) is 5.32 Å². The van der Waals surface area contributed by atoms with Gasteiger partial charge in [0, 0.05) is 19.3 Å². The molecule has 2 atom stereocenters. The fraction of sp³-hybridized carbons (Fsp3) is 0.611. The molecule has 0 saturated heterocycles. The number of nitrogens with one attached hydrogen (secondary N) is 1. The van der Waals surface area contributed by atoms with Gasteiger partial charge in [-0.2, -0.15) is 5.26 Å². The minimum Gasteiger partial charge on any atom is -0.375 e. The zero-order valence-electron chi connectivity index (χ0n) is 13.5. The molecule has 114 valence electrons. The van der Waals surface area contributed by atoms with Gasteiger partial charge in [-0.05, 0) is 56.3 Å². The predicted molar refractivity (Wildman–Crippen MR) is 88.4 cm³/mol. The van der Waals surface area contributed by atoms with Gasteiger partial charge in [0.15, 0.2) is 0 Å². The average molecular weight is 285 g/mol. The van der Waals surface area contributed by atoms with Crippen molar-refractivity contribution in [2.75, 3.05) is 25.0 Å². The zero-order chi connectivity index (χ0) is 15.3. The molecule has 1 aliphatic rings. The van der Waals surface area contributed by atoms with Crippen LogP contribution in [0.25, 0.3) is 0 Å². The topological polar surface area (TPSA) is 39.1 Å². The van der Waals surface area contributed by atoms with E-state index >= 15 is 0 Å². The Morgan fingerprint density at radius 1 is 1.48 bits per heavy atom. The molecule has 0 heterocycles. The van der Waals surface area contributed by atoms with E-state index in [9.17, 15) is 5.26 Å². The monoisotopic (exact) mass is 285 g/mol. The standard InChI is InChI=1S/C18H27N3/c1-4-20-18(14-19)11-6-8-16(18)10-12-21(3)17-9-5-7-15(2)13-17/h5,7,9,13,16,20H,4,6,8,10-12H2,1-3H3. The van der Waals surface area contributed by atoms with E-state index in [4.69, 9.17) is 0 Å². The number of benzene rings is 1. The summed E-state index contributed by atoms with van der Waals surface area (Å²) in [6.07, 6.45) is 4.41. The maximum absolute atomic E-state index is 9.61. The molecule has 1 aromatic carbocycles. The van der Waals surface area contributed by atoms with E-state index in [0.717, 1.165) is 25.9 Å². The Labute approximate surface area is 129 Å². The lowest BCUT2D eigenvalue weighted by molar-refractivity contribution is 0.309. The van der Waals surface area contributed by atoms with Crippen LogP contribution in [0.3, 0.4) is 0 Å². The normalized spacial score (nSPS) is 24.8. The third kappa shape index (κ3) is 3.57.